The number of aromatic nitrogens is 2. The topological polar surface area (TPSA) is 93.5 Å². The van der Waals surface area contributed by atoms with E-state index in [0.29, 0.717) is 20.9 Å². The van der Waals surface area contributed by atoms with Gasteiger partial charge in [0.25, 0.3) is 0 Å². The first-order chi connectivity index (χ1) is 18.2. The molecule has 3 aromatic rings. The monoisotopic (exact) mass is 741 g/mol. The van der Waals surface area contributed by atoms with E-state index in [1.807, 2.05) is 18.2 Å². The van der Waals surface area contributed by atoms with Crippen molar-refractivity contribution in [3.63, 3.8) is 0 Å². The summed E-state index contributed by atoms with van der Waals surface area (Å²) in [7, 11) is 0. The molecule has 2 saturated heterocycles. The number of nitrogens with zero attached hydrogens (tertiary/aromatic N) is 3. The van der Waals surface area contributed by atoms with Gasteiger partial charge in [0.15, 0.2) is 0 Å². The van der Waals surface area contributed by atoms with Crippen molar-refractivity contribution >= 4 is 31.8 Å². The quantitative estimate of drug-likeness (QED) is 0.188. The molecule has 5 rings (SSSR count). The molecule has 8 nitrogen and oxygen atoms in total. The number of imidazole rings is 1. The van der Waals surface area contributed by atoms with Crippen LogP contribution in [-0.2, 0) is 0 Å². The van der Waals surface area contributed by atoms with Crippen molar-refractivity contribution in [2.24, 2.45) is 5.41 Å². The van der Waals surface area contributed by atoms with Crippen LogP contribution in [-0.4, -0.2) is 51.4 Å². The number of hydrogen-bond donors (Lipinski definition) is 1. The SMILES string of the molecule is CC(C)(C)C1[I-]I1C(=O)N1CCC(NC(=O)c2cccc(-c3cn(C(=O)Oc4ccccc4)cn3)c2)CC1. The van der Waals surface area contributed by atoms with Crippen LogP contribution in [0.5, 0.6) is 5.75 Å². The Balaban J connectivity index is 1.15. The second-order valence-corrected chi connectivity index (χ2v) is 27.2. The third-order valence-electron chi connectivity index (χ3n) is 6.35. The average molecular weight is 741 g/mol. The fourth-order valence-corrected chi connectivity index (χ4v) is 28.9. The van der Waals surface area contributed by atoms with Crippen LogP contribution in [0.3, 0.4) is 0 Å². The molecule has 2 aliphatic rings. The van der Waals surface area contributed by atoms with Crippen molar-refractivity contribution in [2.45, 2.75) is 41.6 Å². The molecule has 1 aromatic heterocycles. The van der Waals surface area contributed by atoms with Gasteiger partial charge in [-0.3, -0.25) is 0 Å². The van der Waals surface area contributed by atoms with Crippen LogP contribution in [0.25, 0.3) is 11.3 Å². The molecule has 0 radical (unpaired) electrons. The van der Waals surface area contributed by atoms with Gasteiger partial charge in [-0.1, -0.05) is 18.2 Å². The molecule has 10 heteroatoms. The Morgan fingerprint density at radius 1 is 1.05 bits per heavy atom. The normalized spacial score (nSPS) is 18.9. The third kappa shape index (κ3) is 6.38. The molecule has 0 spiro atoms. The van der Waals surface area contributed by atoms with Crippen LogP contribution in [0.15, 0.2) is 67.1 Å². The first-order valence-electron chi connectivity index (χ1n) is 12.5. The molecule has 0 aliphatic carbocycles. The molecule has 1 atom stereocenters. The molecule has 0 saturated carbocycles. The van der Waals surface area contributed by atoms with Gasteiger partial charge in [-0.05, 0) is 12.1 Å². The number of ether oxygens (including phenoxy) is 1. The van der Waals surface area contributed by atoms with Crippen LogP contribution < -0.4 is 27.3 Å². The fourth-order valence-electron chi connectivity index (χ4n) is 4.20. The Morgan fingerprint density at radius 2 is 1.79 bits per heavy atom. The maximum atomic E-state index is 13.0. The summed E-state index contributed by atoms with van der Waals surface area (Å²) in [5, 5.41) is 3.14. The van der Waals surface area contributed by atoms with E-state index in [1.54, 1.807) is 42.6 Å². The minimum absolute atomic E-state index is 0.0540. The molecule has 2 aromatic carbocycles. The van der Waals surface area contributed by atoms with E-state index in [2.05, 4.69) is 36.0 Å². The number of carbonyl (C=O) groups is 3. The van der Waals surface area contributed by atoms with Gasteiger partial charge in [0.2, 0.25) is 0 Å². The van der Waals surface area contributed by atoms with Gasteiger partial charge < -0.3 is 4.74 Å². The standard InChI is InChI=1S/C28H31I2N4O4/c1-28(2,3)25-29-30(25)26(36)33-14-12-21(13-15-33)32-24(35)20-9-7-8-19(16-20)23-17-34(18-31-23)27(37)38-22-10-5-4-6-11-22/h4-11,16-18,21,25H,12-15H2,1-3H3,(H,32,35)/q-1. The molecule has 0 bridgehead atoms. The number of halogens is 2. The Morgan fingerprint density at radius 3 is 2.47 bits per heavy atom. The predicted octanol–water partition coefficient (Wildman–Crippen LogP) is 2.81. The summed E-state index contributed by atoms with van der Waals surface area (Å²) in [6, 6.07) is 16.1. The van der Waals surface area contributed by atoms with E-state index in [0.717, 1.165) is 33.4 Å². The van der Waals surface area contributed by atoms with Crippen LogP contribution in [0.2, 0.25) is 0 Å². The van der Waals surface area contributed by atoms with Crippen molar-refractivity contribution in [3.8, 4) is 17.0 Å². The Hall–Kier alpha value is -2.48. The van der Waals surface area contributed by atoms with Gasteiger partial charge in [-0.2, -0.15) is 0 Å². The molecule has 2 aliphatic heterocycles. The molecular weight excluding hydrogens is 710 g/mol. The number of benzene rings is 2. The zero-order valence-electron chi connectivity index (χ0n) is 21.6. The number of rotatable bonds is 5. The molecule has 38 heavy (non-hydrogen) atoms. The summed E-state index contributed by atoms with van der Waals surface area (Å²) in [6.45, 7) is 8.27. The number of para-hydroxylation sites is 1. The zero-order valence-corrected chi connectivity index (χ0v) is 25.9. The first kappa shape index (κ1) is 27.1. The molecule has 2 fully saturated rings. The van der Waals surface area contributed by atoms with Gasteiger partial charge in [0, 0.05) is 0 Å². The molecule has 2 amide bonds. The second kappa shape index (κ2) is 11.3. The predicted molar refractivity (Wildman–Crippen MR) is 150 cm³/mol. The van der Waals surface area contributed by atoms with E-state index in [9.17, 15) is 14.4 Å². The number of likely N-dealkylation sites (tertiary alicyclic amines) is 1. The minimum atomic E-state index is -1.40. The van der Waals surface area contributed by atoms with Crippen molar-refractivity contribution in [2.75, 3.05) is 13.1 Å². The van der Waals surface area contributed by atoms with Gasteiger partial charge in [-0.15, -0.1) is 0 Å². The number of piperidine rings is 1. The van der Waals surface area contributed by atoms with E-state index in [-0.39, 0.29) is 34.6 Å². The summed E-state index contributed by atoms with van der Waals surface area (Å²) in [6.07, 6.45) is 4.00. The van der Waals surface area contributed by atoms with Gasteiger partial charge >= 0.3 is 181 Å². The van der Waals surface area contributed by atoms with Crippen LogP contribution in [0, 0.1) is 5.41 Å². The van der Waals surface area contributed by atoms with E-state index < -0.39 is 21.9 Å². The summed E-state index contributed by atoms with van der Waals surface area (Å²) >= 11 is -1.28. The summed E-state index contributed by atoms with van der Waals surface area (Å²) in [5.41, 5.74) is 2.12. The molecule has 1 unspecified atom stereocenters. The van der Waals surface area contributed by atoms with Crippen LogP contribution in [0.4, 0.5) is 9.59 Å². The fraction of sp³-hybridized carbons (Fsp3) is 0.357. The number of carbonyl (C=O) groups excluding carboxylic acids is 3. The van der Waals surface area contributed by atoms with Gasteiger partial charge in [0.1, 0.15) is 12.1 Å². The van der Waals surface area contributed by atoms with E-state index >= 15 is 0 Å². The van der Waals surface area contributed by atoms with Crippen molar-refractivity contribution < 1.29 is 36.4 Å². The zero-order chi connectivity index (χ0) is 26.9. The van der Waals surface area contributed by atoms with Crippen LogP contribution >= 0.6 is 15.8 Å². The van der Waals surface area contributed by atoms with E-state index in [4.69, 9.17) is 4.74 Å². The van der Waals surface area contributed by atoms with Crippen molar-refractivity contribution in [1.82, 2.24) is 19.8 Å². The number of hydrogen-bond acceptors (Lipinski definition) is 5. The van der Waals surface area contributed by atoms with Crippen molar-refractivity contribution in [3.05, 3.63) is 72.7 Å². The van der Waals surface area contributed by atoms with Crippen molar-refractivity contribution in [1.29, 1.82) is 0 Å². The average Bonchev–Trinajstić information content (AvgIpc) is 3.59. The Labute approximate surface area is 236 Å². The number of alkyl halides is 2. The molecule has 202 valence electrons. The summed E-state index contributed by atoms with van der Waals surface area (Å²) in [5.74, 6) is 0.308. The summed E-state index contributed by atoms with van der Waals surface area (Å²) < 4.78 is 7.85. The summed E-state index contributed by atoms with van der Waals surface area (Å²) in [4.78, 5) is 44.8. The number of amides is 2. The Kier molecular flexibility index (Phi) is 8.08. The first-order valence-corrected chi connectivity index (χ1v) is 22.4. The van der Waals surface area contributed by atoms with Crippen LogP contribution in [0.1, 0.15) is 44.0 Å². The van der Waals surface area contributed by atoms with Gasteiger partial charge in [0.05, 0.1) is 0 Å². The Bertz CT molecular complexity index is 1330. The maximum absolute atomic E-state index is 13.0. The molecule has 3 heterocycles. The number of nitrogens with one attached hydrogen (secondary N) is 1. The molecular formula is C28H31I2N4O4-. The second-order valence-electron chi connectivity index (χ2n) is 10.4. The van der Waals surface area contributed by atoms with E-state index in [1.165, 1.54) is 10.9 Å². The van der Waals surface area contributed by atoms with Gasteiger partial charge in [-0.25, -0.2) is 9.36 Å². The molecule has 1 N–H and O–H groups in total. The third-order valence-corrected chi connectivity index (χ3v) is 25.2.